The molecule has 0 aromatic heterocycles. The molecule has 0 spiro atoms. The predicted molar refractivity (Wildman–Crippen MR) is 70.0 cm³/mol. The number of morpholine rings is 1. The van der Waals surface area contributed by atoms with E-state index in [4.69, 9.17) is 9.47 Å². The molecule has 1 saturated heterocycles. The third-order valence-corrected chi connectivity index (χ3v) is 3.45. The Morgan fingerprint density at radius 3 is 3.16 bits per heavy atom. The first-order valence-corrected chi connectivity index (χ1v) is 6.66. The quantitative estimate of drug-likeness (QED) is 0.838. The number of carbonyl (C=O) groups excluding carboxylic acids is 1. The van der Waals surface area contributed by atoms with Gasteiger partial charge in [-0.2, -0.15) is 0 Å². The van der Waals surface area contributed by atoms with Crippen molar-refractivity contribution in [1.29, 1.82) is 0 Å². The Kier molecular flexibility index (Phi) is 3.66. The second-order valence-corrected chi connectivity index (χ2v) is 4.87. The molecule has 2 N–H and O–H groups in total. The minimum absolute atomic E-state index is 0.0130. The van der Waals surface area contributed by atoms with Gasteiger partial charge in [-0.3, -0.25) is 4.79 Å². The highest BCUT2D eigenvalue weighted by Crippen LogP contribution is 2.31. The van der Waals surface area contributed by atoms with Crippen LogP contribution in [0.5, 0.6) is 5.75 Å². The van der Waals surface area contributed by atoms with Crippen molar-refractivity contribution in [2.75, 3.05) is 26.3 Å². The zero-order valence-corrected chi connectivity index (χ0v) is 10.7. The molecule has 1 fully saturated rings. The Hall–Kier alpha value is -1.59. The smallest absolute Gasteiger partial charge is 0.223 e. The van der Waals surface area contributed by atoms with Crippen molar-refractivity contribution in [3.63, 3.8) is 0 Å². The van der Waals surface area contributed by atoms with Crippen LogP contribution in [0, 0.1) is 0 Å². The van der Waals surface area contributed by atoms with Crippen LogP contribution in [-0.4, -0.2) is 38.3 Å². The van der Waals surface area contributed by atoms with Crippen LogP contribution in [0.4, 0.5) is 0 Å². The zero-order valence-electron chi connectivity index (χ0n) is 10.7. The van der Waals surface area contributed by atoms with Gasteiger partial charge in [0.15, 0.2) is 0 Å². The van der Waals surface area contributed by atoms with Crippen molar-refractivity contribution in [1.82, 2.24) is 10.6 Å². The van der Waals surface area contributed by atoms with E-state index in [9.17, 15) is 4.79 Å². The molecule has 2 unspecified atom stereocenters. The van der Waals surface area contributed by atoms with Crippen molar-refractivity contribution >= 4 is 5.91 Å². The fourth-order valence-corrected chi connectivity index (χ4v) is 2.49. The van der Waals surface area contributed by atoms with Gasteiger partial charge in [0.25, 0.3) is 0 Å². The summed E-state index contributed by atoms with van der Waals surface area (Å²) in [4.78, 5) is 12.0. The summed E-state index contributed by atoms with van der Waals surface area (Å²) in [7, 11) is 0. The second-order valence-electron chi connectivity index (χ2n) is 4.87. The monoisotopic (exact) mass is 262 g/mol. The first kappa shape index (κ1) is 12.4. The van der Waals surface area contributed by atoms with Gasteiger partial charge in [-0.05, 0) is 6.07 Å². The van der Waals surface area contributed by atoms with Gasteiger partial charge in [0.05, 0.1) is 25.2 Å². The van der Waals surface area contributed by atoms with Gasteiger partial charge in [-0.1, -0.05) is 18.2 Å². The highest BCUT2D eigenvalue weighted by atomic mass is 16.5. The first-order chi connectivity index (χ1) is 9.33. The Morgan fingerprint density at radius 1 is 1.42 bits per heavy atom. The molecule has 0 bridgehead atoms. The van der Waals surface area contributed by atoms with E-state index >= 15 is 0 Å². The first-order valence-electron chi connectivity index (χ1n) is 6.66. The number of para-hydroxylation sites is 1. The fourth-order valence-electron chi connectivity index (χ4n) is 2.49. The van der Waals surface area contributed by atoms with Crippen molar-refractivity contribution in [3.8, 4) is 5.75 Å². The molecule has 0 aliphatic carbocycles. The Balaban J connectivity index is 1.55. The third-order valence-electron chi connectivity index (χ3n) is 3.45. The van der Waals surface area contributed by atoms with Crippen LogP contribution < -0.4 is 15.4 Å². The molecule has 5 nitrogen and oxygen atoms in total. The Labute approximate surface area is 112 Å². The standard InChI is InChI=1S/C14H18N2O3/c17-14(7-10-8-15-5-6-18-10)16-12-9-19-13-4-2-1-3-11(12)13/h1-4,10,12,15H,5-9H2,(H,16,17). The number of ether oxygens (including phenoxy) is 2. The summed E-state index contributed by atoms with van der Waals surface area (Å²) < 4.78 is 11.1. The molecule has 1 aromatic rings. The summed E-state index contributed by atoms with van der Waals surface area (Å²) in [6.07, 6.45) is 0.373. The van der Waals surface area contributed by atoms with Gasteiger partial charge < -0.3 is 20.1 Å². The summed E-state index contributed by atoms with van der Waals surface area (Å²) in [6.45, 7) is 2.79. The highest BCUT2D eigenvalue weighted by Gasteiger charge is 2.26. The van der Waals surface area contributed by atoms with E-state index < -0.39 is 0 Å². The number of fused-ring (bicyclic) bond motifs is 1. The minimum Gasteiger partial charge on any atom is -0.491 e. The second kappa shape index (κ2) is 5.59. The van der Waals surface area contributed by atoms with Crippen LogP contribution in [-0.2, 0) is 9.53 Å². The number of amides is 1. The number of hydrogen-bond donors (Lipinski definition) is 2. The normalized spacial score (nSPS) is 25.5. The number of rotatable bonds is 3. The third kappa shape index (κ3) is 2.88. The average Bonchev–Trinajstić information content (AvgIpc) is 2.83. The maximum atomic E-state index is 12.0. The lowest BCUT2D eigenvalue weighted by Gasteiger charge is -2.23. The Morgan fingerprint density at radius 2 is 2.32 bits per heavy atom. The van der Waals surface area contributed by atoms with Crippen LogP contribution in [0.3, 0.4) is 0 Å². The molecule has 102 valence electrons. The lowest BCUT2D eigenvalue weighted by molar-refractivity contribution is -0.125. The molecule has 19 heavy (non-hydrogen) atoms. The number of nitrogens with one attached hydrogen (secondary N) is 2. The molecule has 2 aliphatic rings. The van der Waals surface area contributed by atoms with Gasteiger partial charge in [0.1, 0.15) is 12.4 Å². The highest BCUT2D eigenvalue weighted by molar-refractivity contribution is 5.77. The maximum absolute atomic E-state index is 12.0. The topological polar surface area (TPSA) is 59.6 Å². The van der Waals surface area contributed by atoms with Crippen LogP contribution in [0.25, 0.3) is 0 Å². The number of carbonyl (C=O) groups is 1. The van der Waals surface area contributed by atoms with E-state index in [0.717, 1.165) is 24.4 Å². The lowest BCUT2D eigenvalue weighted by Crippen LogP contribution is -2.42. The van der Waals surface area contributed by atoms with Crippen LogP contribution in [0.2, 0.25) is 0 Å². The van der Waals surface area contributed by atoms with Crippen LogP contribution in [0.15, 0.2) is 24.3 Å². The van der Waals surface area contributed by atoms with E-state index in [1.165, 1.54) is 0 Å². The molecule has 2 atom stereocenters. The molecular weight excluding hydrogens is 244 g/mol. The van der Waals surface area contributed by atoms with Gasteiger partial charge in [-0.15, -0.1) is 0 Å². The van der Waals surface area contributed by atoms with Crippen LogP contribution >= 0.6 is 0 Å². The van der Waals surface area contributed by atoms with Gasteiger partial charge in [0, 0.05) is 18.7 Å². The summed E-state index contributed by atoms with van der Waals surface area (Å²) in [5, 5.41) is 6.23. The summed E-state index contributed by atoms with van der Waals surface area (Å²) in [6, 6.07) is 7.77. The van der Waals surface area contributed by atoms with Crippen molar-refractivity contribution in [2.24, 2.45) is 0 Å². The summed E-state index contributed by atoms with van der Waals surface area (Å²) in [5.41, 5.74) is 1.05. The van der Waals surface area contributed by atoms with E-state index in [0.29, 0.717) is 19.6 Å². The molecule has 1 aromatic carbocycles. The zero-order chi connectivity index (χ0) is 13.1. The number of benzene rings is 1. The van der Waals surface area contributed by atoms with Crippen molar-refractivity contribution in [2.45, 2.75) is 18.6 Å². The lowest BCUT2D eigenvalue weighted by atomic mass is 10.1. The molecule has 1 amide bonds. The molecule has 2 aliphatic heterocycles. The van der Waals surface area contributed by atoms with Gasteiger partial charge in [0.2, 0.25) is 5.91 Å². The largest absolute Gasteiger partial charge is 0.491 e. The van der Waals surface area contributed by atoms with Crippen molar-refractivity contribution in [3.05, 3.63) is 29.8 Å². The minimum atomic E-state index is -0.0414. The van der Waals surface area contributed by atoms with E-state index in [1.807, 2.05) is 24.3 Å². The Bertz CT molecular complexity index is 458. The number of hydrogen-bond acceptors (Lipinski definition) is 4. The molecule has 5 heteroatoms. The summed E-state index contributed by atoms with van der Waals surface area (Å²) >= 11 is 0. The van der Waals surface area contributed by atoms with E-state index in [-0.39, 0.29) is 18.1 Å². The molecular formula is C14H18N2O3. The van der Waals surface area contributed by atoms with Crippen LogP contribution in [0.1, 0.15) is 18.0 Å². The molecule has 0 radical (unpaired) electrons. The maximum Gasteiger partial charge on any atom is 0.223 e. The predicted octanol–water partition coefficient (Wildman–Crippen LogP) is 0.615. The van der Waals surface area contributed by atoms with Gasteiger partial charge >= 0.3 is 0 Å². The molecule has 3 rings (SSSR count). The van der Waals surface area contributed by atoms with Crippen molar-refractivity contribution < 1.29 is 14.3 Å². The average molecular weight is 262 g/mol. The van der Waals surface area contributed by atoms with E-state index in [2.05, 4.69) is 10.6 Å². The molecule has 2 heterocycles. The molecule has 0 saturated carbocycles. The van der Waals surface area contributed by atoms with Gasteiger partial charge in [-0.25, -0.2) is 0 Å². The fraction of sp³-hybridized carbons (Fsp3) is 0.500. The SMILES string of the molecule is O=C(CC1CNCCO1)NC1COc2ccccc21. The van der Waals surface area contributed by atoms with E-state index in [1.54, 1.807) is 0 Å². The summed E-state index contributed by atoms with van der Waals surface area (Å²) in [5.74, 6) is 0.877.